The third-order valence-electron chi connectivity index (χ3n) is 3.42. The highest BCUT2D eigenvalue weighted by atomic mass is 79.9. The minimum atomic E-state index is -0.389. The van der Waals surface area contributed by atoms with Crippen molar-refractivity contribution >= 4 is 33.4 Å². The SMILES string of the molecule is CC(c1ccc(Cl)cc1)N(C)C(=O)c1ccc(F)c(Br)c1. The maximum Gasteiger partial charge on any atom is 0.254 e. The second-order valence-corrected chi connectivity index (χ2v) is 6.06. The second kappa shape index (κ2) is 6.58. The third-order valence-corrected chi connectivity index (χ3v) is 4.28. The molecule has 5 heteroatoms. The van der Waals surface area contributed by atoms with Crippen LogP contribution >= 0.6 is 27.5 Å². The lowest BCUT2D eigenvalue weighted by molar-refractivity contribution is 0.0742. The average molecular weight is 371 g/mol. The molecule has 0 aromatic heterocycles. The van der Waals surface area contributed by atoms with Gasteiger partial charge in [0.1, 0.15) is 5.82 Å². The highest BCUT2D eigenvalue weighted by molar-refractivity contribution is 9.10. The minimum absolute atomic E-state index is 0.112. The normalized spacial score (nSPS) is 12.0. The Hall–Kier alpha value is -1.39. The van der Waals surface area contributed by atoms with E-state index in [0.717, 1.165) is 5.56 Å². The molecule has 110 valence electrons. The van der Waals surface area contributed by atoms with Crippen molar-refractivity contribution in [1.29, 1.82) is 0 Å². The van der Waals surface area contributed by atoms with Gasteiger partial charge >= 0.3 is 0 Å². The van der Waals surface area contributed by atoms with Gasteiger partial charge in [-0.1, -0.05) is 23.7 Å². The Morgan fingerprint density at radius 3 is 2.43 bits per heavy atom. The van der Waals surface area contributed by atoms with E-state index in [1.807, 2.05) is 19.1 Å². The summed E-state index contributed by atoms with van der Waals surface area (Å²) in [4.78, 5) is 14.1. The molecule has 0 saturated carbocycles. The lowest BCUT2D eigenvalue weighted by Crippen LogP contribution is -2.29. The smallest absolute Gasteiger partial charge is 0.254 e. The van der Waals surface area contributed by atoms with Crippen molar-refractivity contribution in [2.24, 2.45) is 0 Å². The first-order chi connectivity index (χ1) is 9.90. The summed E-state index contributed by atoms with van der Waals surface area (Å²) in [5, 5.41) is 0.655. The fourth-order valence-electron chi connectivity index (χ4n) is 1.97. The number of hydrogen-bond donors (Lipinski definition) is 0. The van der Waals surface area contributed by atoms with Gasteiger partial charge in [0.05, 0.1) is 10.5 Å². The van der Waals surface area contributed by atoms with Crippen molar-refractivity contribution in [2.45, 2.75) is 13.0 Å². The second-order valence-electron chi connectivity index (χ2n) is 4.77. The summed E-state index contributed by atoms with van der Waals surface area (Å²) in [7, 11) is 1.72. The number of amides is 1. The van der Waals surface area contributed by atoms with Gasteiger partial charge in [0.2, 0.25) is 0 Å². The van der Waals surface area contributed by atoms with E-state index in [0.29, 0.717) is 10.6 Å². The third kappa shape index (κ3) is 3.63. The van der Waals surface area contributed by atoms with Gasteiger partial charge in [-0.05, 0) is 58.7 Å². The van der Waals surface area contributed by atoms with Crippen molar-refractivity contribution < 1.29 is 9.18 Å². The van der Waals surface area contributed by atoms with Crippen LogP contribution in [0.2, 0.25) is 5.02 Å². The number of benzene rings is 2. The van der Waals surface area contributed by atoms with Gasteiger partial charge in [-0.3, -0.25) is 4.79 Å². The molecule has 0 bridgehead atoms. The van der Waals surface area contributed by atoms with E-state index in [9.17, 15) is 9.18 Å². The summed E-state index contributed by atoms with van der Waals surface area (Å²) < 4.78 is 13.5. The number of carbonyl (C=O) groups excluding carboxylic acids is 1. The molecule has 2 rings (SSSR count). The Bertz CT molecular complexity index is 660. The standard InChI is InChI=1S/C16H14BrClFNO/c1-10(11-3-6-13(18)7-4-11)20(2)16(21)12-5-8-15(19)14(17)9-12/h3-10H,1-2H3. The topological polar surface area (TPSA) is 20.3 Å². The summed E-state index contributed by atoms with van der Waals surface area (Å²) in [5.41, 5.74) is 1.42. The fraction of sp³-hybridized carbons (Fsp3) is 0.188. The highest BCUT2D eigenvalue weighted by Gasteiger charge is 2.19. The quantitative estimate of drug-likeness (QED) is 0.738. The molecule has 0 heterocycles. The van der Waals surface area contributed by atoms with E-state index >= 15 is 0 Å². The number of rotatable bonds is 3. The van der Waals surface area contributed by atoms with Crippen molar-refractivity contribution in [2.75, 3.05) is 7.05 Å². The molecular formula is C16H14BrClFNO. The molecule has 1 amide bonds. The largest absolute Gasteiger partial charge is 0.335 e. The Kier molecular flexibility index (Phi) is 5.01. The van der Waals surface area contributed by atoms with Gasteiger partial charge in [-0.25, -0.2) is 4.39 Å². The van der Waals surface area contributed by atoms with Crippen LogP contribution in [0.4, 0.5) is 4.39 Å². The molecule has 0 saturated heterocycles. The number of halogens is 3. The molecule has 0 N–H and O–H groups in total. The lowest BCUT2D eigenvalue weighted by Gasteiger charge is -2.25. The lowest BCUT2D eigenvalue weighted by atomic mass is 10.1. The fourth-order valence-corrected chi connectivity index (χ4v) is 2.48. The molecule has 0 fully saturated rings. The van der Waals surface area contributed by atoms with Gasteiger partial charge < -0.3 is 4.90 Å². The average Bonchev–Trinajstić information content (AvgIpc) is 2.48. The van der Waals surface area contributed by atoms with Crippen molar-refractivity contribution in [3.8, 4) is 0 Å². The van der Waals surface area contributed by atoms with Gasteiger partial charge in [0.15, 0.2) is 0 Å². The van der Waals surface area contributed by atoms with E-state index in [4.69, 9.17) is 11.6 Å². The van der Waals surface area contributed by atoms with Gasteiger partial charge in [0, 0.05) is 17.6 Å². The molecule has 0 aliphatic heterocycles. The Morgan fingerprint density at radius 2 is 1.86 bits per heavy atom. The predicted octanol–water partition coefficient (Wildman–Crippen LogP) is 5.07. The molecule has 2 aromatic rings. The first kappa shape index (κ1) is 16.0. The summed E-state index contributed by atoms with van der Waals surface area (Å²) in [6, 6.07) is 11.5. The van der Waals surface area contributed by atoms with Crippen LogP contribution in [-0.4, -0.2) is 17.9 Å². The summed E-state index contributed by atoms with van der Waals surface area (Å²) in [6.07, 6.45) is 0. The Morgan fingerprint density at radius 1 is 1.24 bits per heavy atom. The van der Waals surface area contributed by atoms with Gasteiger partial charge in [-0.2, -0.15) is 0 Å². The summed E-state index contributed by atoms with van der Waals surface area (Å²) in [6.45, 7) is 1.93. The van der Waals surface area contributed by atoms with Crippen LogP contribution in [0.25, 0.3) is 0 Å². The molecule has 0 aliphatic rings. The molecule has 2 nitrogen and oxygen atoms in total. The number of hydrogen-bond acceptors (Lipinski definition) is 1. The van der Waals surface area contributed by atoms with E-state index < -0.39 is 0 Å². The van der Waals surface area contributed by atoms with Crippen molar-refractivity contribution in [3.05, 3.63) is 68.9 Å². The number of carbonyl (C=O) groups is 1. The van der Waals surface area contributed by atoms with Crippen LogP contribution in [0.3, 0.4) is 0 Å². The minimum Gasteiger partial charge on any atom is -0.335 e. The molecule has 0 radical (unpaired) electrons. The van der Waals surface area contributed by atoms with Crippen LogP contribution in [0.5, 0.6) is 0 Å². The monoisotopic (exact) mass is 369 g/mol. The van der Waals surface area contributed by atoms with Gasteiger partial charge in [0.25, 0.3) is 5.91 Å². The summed E-state index contributed by atoms with van der Waals surface area (Å²) in [5.74, 6) is -0.557. The highest BCUT2D eigenvalue weighted by Crippen LogP contribution is 2.24. The summed E-state index contributed by atoms with van der Waals surface area (Å²) >= 11 is 8.96. The van der Waals surface area contributed by atoms with E-state index in [2.05, 4.69) is 15.9 Å². The predicted molar refractivity (Wildman–Crippen MR) is 86.1 cm³/mol. The Labute approximate surface area is 136 Å². The molecule has 2 aromatic carbocycles. The Balaban J connectivity index is 2.21. The zero-order chi connectivity index (χ0) is 15.6. The molecular weight excluding hydrogens is 357 g/mol. The number of nitrogens with zero attached hydrogens (tertiary/aromatic N) is 1. The van der Waals surface area contributed by atoms with Crippen LogP contribution in [0.15, 0.2) is 46.9 Å². The van der Waals surface area contributed by atoms with E-state index in [1.54, 1.807) is 24.1 Å². The van der Waals surface area contributed by atoms with Gasteiger partial charge in [-0.15, -0.1) is 0 Å². The van der Waals surface area contributed by atoms with Crippen LogP contribution in [0.1, 0.15) is 28.9 Å². The zero-order valence-corrected chi connectivity index (χ0v) is 14.0. The zero-order valence-electron chi connectivity index (χ0n) is 11.6. The molecule has 0 aliphatic carbocycles. The van der Waals surface area contributed by atoms with Crippen LogP contribution < -0.4 is 0 Å². The van der Waals surface area contributed by atoms with Crippen molar-refractivity contribution in [3.63, 3.8) is 0 Å². The van der Waals surface area contributed by atoms with Crippen LogP contribution in [0, 0.1) is 5.82 Å². The van der Waals surface area contributed by atoms with E-state index in [1.165, 1.54) is 18.2 Å². The molecule has 0 spiro atoms. The maximum atomic E-state index is 13.2. The molecule has 1 unspecified atom stereocenters. The maximum absolute atomic E-state index is 13.2. The van der Waals surface area contributed by atoms with Crippen LogP contribution in [-0.2, 0) is 0 Å². The first-order valence-electron chi connectivity index (χ1n) is 6.38. The van der Waals surface area contributed by atoms with E-state index in [-0.39, 0.29) is 22.2 Å². The first-order valence-corrected chi connectivity index (χ1v) is 7.55. The molecule has 21 heavy (non-hydrogen) atoms. The molecule has 1 atom stereocenters. The van der Waals surface area contributed by atoms with Crippen molar-refractivity contribution in [1.82, 2.24) is 4.90 Å².